The van der Waals surface area contributed by atoms with Gasteiger partial charge in [-0.2, -0.15) is 0 Å². The Balaban J connectivity index is 1.95. The van der Waals surface area contributed by atoms with Gasteiger partial charge in [-0.05, 0) is 38.2 Å². The van der Waals surface area contributed by atoms with Crippen LogP contribution in [0.2, 0.25) is 0 Å². The van der Waals surface area contributed by atoms with Gasteiger partial charge in [0.1, 0.15) is 6.04 Å². The fraction of sp³-hybridized carbons (Fsp3) is 0.500. The summed E-state index contributed by atoms with van der Waals surface area (Å²) in [4.78, 5) is 36.4. The van der Waals surface area contributed by atoms with E-state index in [2.05, 4.69) is 5.32 Å². The van der Waals surface area contributed by atoms with Gasteiger partial charge < -0.3 is 10.2 Å². The highest BCUT2D eigenvalue weighted by Crippen LogP contribution is 2.19. The third-order valence-electron chi connectivity index (χ3n) is 4.57. The summed E-state index contributed by atoms with van der Waals surface area (Å²) < 4.78 is 0. The molecule has 136 valence electrons. The fourth-order valence-electron chi connectivity index (χ4n) is 3.20. The van der Waals surface area contributed by atoms with Crippen LogP contribution in [0.5, 0.6) is 0 Å². The van der Waals surface area contributed by atoms with Gasteiger partial charge in [-0.3, -0.25) is 19.8 Å². The molecule has 0 spiro atoms. The lowest BCUT2D eigenvalue weighted by atomic mass is 10.0. The third kappa shape index (κ3) is 5.03. The smallest absolute Gasteiger partial charge is 0.407 e. The molecule has 3 N–H and O–H groups in total. The molecule has 1 amide bonds. The SMILES string of the molecule is CC(NC(CCc1ccccc1)C(=O)O)C(=O)C1CCCN1C(=O)O. The van der Waals surface area contributed by atoms with E-state index in [0.717, 1.165) is 10.5 Å². The summed E-state index contributed by atoms with van der Waals surface area (Å²) in [6.45, 7) is 1.94. The van der Waals surface area contributed by atoms with Gasteiger partial charge in [0.25, 0.3) is 0 Å². The van der Waals surface area contributed by atoms with E-state index in [-0.39, 0.29) is 5.78 Å². The van der Waals surface area contributed by atoms with Crippen LogP contribution in [0.3, 0.4) is 0 Å². The Bertz CT molecular complexity index is 619. The molecule has 0 aliphatic carbocycles. The van der Waals surface area contributed by atoms with Crippen LogP contribution in [-0.2, 0) is 16.0 Å². The molecule has 1 aliphatic heterocycles. The van der Waals surface area contributed by atoms with Crippen LogP contribution in [0.15, 0.2) is 30.3 Å². The maximum absolute atomic E-state index is 12.5. The van der Waals surface area contributed by atoms with Crippen molar-refractivity contribution >= 4 is 17.8 Å². The van der Waals surface area contributed by atoms with Crippen LogP contribution in [0.4, 0.5) is 4.79 Å². The number of carboxylic acid groups (broad SMARTS) is 2. The zero-order valence-electron chi connectivity index (χ0n) is 14.2. The summed E-state index contributed by atoms with van der Waals surface area (Å²) in [7, 11) is 0. The third-order valence-corrected chi connectivity index (χ3v) is 4.57. The zero-order chi connectivity index (χ0) is 18.4. The van der Waals surface area contributed by atoms with Crippen molar-refractivity contribution in [3.8, 4) is 0 Å². The Morgan fingerprint density at radius 3 is 2.52 bits per heavy atom. The second kappa shape index (κ2) is 8.62. The second-order valence-electron chi connectivity index (χ2n) is 6.34. The molecule has 2 rings (SSSR count). The van der Waals surface area contributed by atoms with Crippen LogP contribution in [0.1, 0.15) is 31.7 Å². The number of hydrogen-bond donors (Lipinski definition) is 3. The average Bonchev–Trinajstić information content (AvgIpc) is 3.08. The predicted molar refractivity (Wildman–Crippen MR) is 91.5 cm³/mol. The first-order valence-corrected chi connectivity index (χ1v) is 8.46. The van der Waals surface area contributed by atoms with E-state index in [4.69, 9.17) is 5.11 Å². The fourth-order valence-corrected chi connectivity index (χ4v) is 3.20. The number of carboxylic acids is 1. The molecule has 1 saturated heterocycles. The number of carbonyl (C=O) groups excluding carboxylic acids is 1. The highest BCUT2D eigenvalue weighted by atomic mass is 16.4. The van der Waals surface area contributed by atoms with Gasteiger partial charge in [0, 0.05) is 6.54 Å². The maximum atomic E-state index is 12.5. The van der Waals surface area contributed by atoms with Gasteiger partial charge in [0.2, 0.25) is 0 Å². The monoisotopic (exact) mass is 348 g/mol. The quantitative estimate of drug-likeness (QED) is 0.661. The van der Waals surface area contributed by atoms with E-state index >= 15 is 0 Å². The van der Waals surface area contributed by atoms with Gasteiger partial charge in [-0.25, -0.2) is 4.79 Å². The van der Waals surface area contributed by atoms with Crippen LogP contribution in [-0.4, -0.2) is 57.6 Å². The standard InChI is InChI=1S/C18H24N2O5/c1-12(16(21)15-8-5-11-20(15)18(24)25)19-14(17(22)23)10-9-13-6-3-2-4-7-13/h2-4,6-7,12,14-15,19H,5,8-11H2,1H3,(H,22,23)(H,24,25). The van der Waals surface area contributed by atoms with Crippen LogP contribution in [0, 0.1) is 0 Å². The molecule has 7 heteroatoms. The number of amides is 1. The highest BCUT2D eigenvalue weighted by molar-refractivity contribution is 5.92. The van der Waals surface area contributed by atoms with Crippen LogP contribution < -0.4 is 5.32 Å². The Morgan fingerprint density at radius 1 is 1.24 bits per heavy atom. The van der Waals surface area contributed by atoms with Crippen molar-refractivity contribution in [2.24, 2.45) is 0 Å². The zero-order valence-corrected chi connectivity index (χ0v) is 14.2. The molecule has 25 heavy (non-hydrogen) atoms. The van der Waals surface area contributed by atoms with Gasteiger partial charge in [0.05, 0.1) is 12.1 Å². The number of benzene rings is 1. The van der Waals surface area contributed by atoms with Gasteiger partial charge in [-0.1, -0.05) is 30.3 Å². The minimum absolute atomic E-state index is 0.272. The molecule has 1 aliphatic rings. The Kier molecular flexibility index (Phi) is 6.52. The molecule has 3 atom stereocenters. The molecule has 1 aromatic rings. The van der Waals surface area contributed by atoms with Crippen molar-refractivity contribution in [2.75, 3.05) is 6.54 Å². The number of aliphatic carboxylic acids is 1. The molecule has 3 unspecified atom stereocenters. The summed E-state index contributed by atoms with van der Waals surface area (Å²) in [6, 6.07) is 7.26. The number of aryl methyl sites for hydroxylation is 1. The highest BCUT2D eigenvalue weighted by Gasteiger charge is 2.37. The minimum atomic E-state index is -1.11. The van der Waals surface area contributed by atoms with Gasteiger partial charge in [-0.15, -0.1) is 0 Å². The molecule has 1 aromatic carbocycles. The van der Waals surface area contributed by atoms with Crippen LogP contribution >= 0.6 is 0 Å². The van der Waals surface area contributed by atoms with Crippen molar-refractivity contribution in [3.63, 3.8) is 0 Å². The lowest BCUT2D eigenvalue weighted by Gasteiger charge is -2.25. The molecule has 1 fully saturated rings. The Labute approximate surface area is 146 Å². The lowest BCUT2D eigenvalue weighted by Crippen LogP contribution is -2.52. The summed E-state index contributed by atoms with van der Waals surface area (Å²) in [5.41, 5.74) is 1.03. The van der Waals surface area contributed by atoms with E-state index in [1.54, 1.807) is 6.92 Å². The number of likely N-dealkylation sites (tertiary alicyclic amines) is 1. The number of nitrogens with one attached hydrogen (secondary N) is 1. The second-order valence-corrected chi connectivity index (χ2v) is 6.34. The lowest BCUT2D eigenvalue weighted by molar-refractivity contribution is -0.140. The van der Waals surface area contributed by atoms with E-state index in [9.17, 15) is 19.5 Å². The first-order chi connectivity index (χ1) is 11.9. The molecular weight excluding hydrogens is 324 g/mol. The maximum Gasteiger partial charge on any atom is 0.407 e. The molecule has 7 nitrogen and oxygen atoms in total. The summed E-state index contributed by atoms with van der Waals surface area (Å²) in [5, 5.41) is 21.4. The number of Topliss-reactive ketones (excluding diaryl/α,β-unsaturated/α-hetero) is 1. The number of rotatable bonds is 8. The topological polar surface area (TPSA) is 107 Å². The molecule has 0 radical (unpaired) electrons. The van der Waals surface area contributed by atoms with Crippen molar-refractivity contribution in [1.29, 1.82) is 0 Å². The Morgan fingerprint density at radius 2 is 1.92 bits per heavy atom. The number of nitrogens with zero attached hydrogens (tertiary/aromatic N) is 1. The molecule has 0 aromatic heterocycles. The Hall–Kier alpha value is -2.41. The van der Waals surface area contributed by atoms with Gasteiger partial charge >= 0.3 is 12.1 Å². The first-order valence-electron chi connectivity index (χ1n) is 8.46. The van der Waals surface area contributed by atoms with E-state index in [1.807, 2.05) is 30.3 Å². The molecular formula is C18H24N2O5. The largest absolute Gasteiger partial charge is 0.480 e. The molecule has 0 bridgehead atoms. The minimum Gasteiger partial charge on any atom is -0.480 e. The van der Waals surface area contributed by atoms with Crippen molar-refractivity contribution in [1.82, 2.24) is 10.2 Å². The van der Waals surface area contributed by atoms with Crippen LogP contribution in [0.25, 0.3) is 0 Å². The molecule has 1 heterocycles. The molecule has 0 saturated carbocycles. The van der Waals surface area contributed by atoms with E-state index in [0.29, 0.717) is 32.2 Å². The first kappa shape index (κ1) is 18.9. The number of ketones is 1. The predicted octanol–water partition coefficient (Wildman–Crippen LogP) is 1.76. The normalized spacial score (nSPS) is 19.4. The van der Waals surface area contributed by atoms with Gasteiger partial charge in [0.15, 0.2) is 5.78 Å². The van der Waals surface area contributed by atoms with E-state index < -0.39 is 30.2 Å². The van der Waals surface area contributed by atoms with E-state index in [1.165, 1.54) is 0 Å². The summed E-state index contributed by atoms with van der Waals surface area (Å²) in [5.74, 6) is -1.29. The number of hydrogen-bond acceptors (Lipinski definition) is 4. The van der Waals surface area contributed by atoms with Crippen molar-refractivity contribution < 1.29 is 24.6 Å². The van der Waals surface area contributed by atoms with Crippen molar-refractivity contribution in [2.45, 2.75) is 50.7 Å². The number of carbonyl (C=O) groups is 3. The summed E-state index contributed by atoms with van der Waals surface area (Å²) in [6.07, 6.45) is 0.952. The van der Waals surface area contributed by atoms with Crippen molar-refractivity contribution in [3.05, 3.63) is 35.9 Å². The average molecular weight is 348 g/mol. The summed E-state index contributed by atoms with van der Waals surface area (Å²) >= 11 is 0.